The Hall–Kier alpha value is -2.88. The number of carbonyl (C=O) groups is 1. The van der Waals surface area contributed by atoms with E-state index in [-0.39, 0.29) is 5.91 Å². The van der Waals surface area contributed by atoms with Crippen LogP contribution in [0, 0.1) is 13.8 Å². The summed E-state index contributed by atoms with van der Waals surface area (Å²) in [4.78, 5) is 16.9. The van der Waals surface area contributed by atoms with Crippen molar-refractivity contribution in [1.29, 1.82) is 0 Å². The van der Waals surface area contributed by atoms with Crippen LogP contribution in [0.25, 0.3) is 10.9 Å². The Labute approximate surface area is 129 Å². The SMILES string of the molecule is Cc1ccc(N)c(C)c1NC(=O)c1ccc2ccccc2n1. The quantitative estimate of drug-likeness (QED) is 0.708. The number of nitrogens with one attached hydrogen (secondary N) is 1. The Balaban J connectivity index is 1.95. The summed E-state index contributed by atoms with van der Waals surface area (Å²) < 4.78 is 0. The van der Waals surface area contributed by atoms with Crippen molar-refractivity contribution in [3.8, 4) is 0 Å². The zero-order valence-corrected chi connectivity index (χ0v) is 12.6. The van der Waals surface area contributed by atoms with Crippen molar-refractivity contribution in [1.82, 2.24) is 4.98 Å². The predicted octanol–water partition coefficient (Wildman–Crippen LogP) is 3.69. The zero-order valence-electron chi connectivity index (χ0n) is 12.6. The molecule has 3 N–H and O–H groups in total. The zero-order chi connectivity index (χ0) is 15.7. The lowest BCUT2D eigenvalue weighted by atomic mass is 10.1. The van der Waals surface area contributed by atoms with E-state index in [2.05, 4.69) is 10.3 Å². The first-order chi connectivity index (χ1) is 10.6. The molecule has 0 bridgehead atoms. The number of carbonyl (C=O) groups excluding carboxylic acids is 1. The molecule has 0 atom stereocenters. The van der Waals surface area contributed by atoms with Crippen molar-refractivity contribution in [3.63, 3.8) is 0 Å². The average molecular weight is 291 g/mol. The van der Waals surface area contributed by atoms with Crippen LogP contribution in [0.4, 0.5) is 11.4 Å². The van der Waals surface area contributed by atoms with Crippen molar-refractivity contribution in [2.24, 2.45) is 0 Å². The third kappa shape index (κ3) is 2.51. The molecule has 0 aliphatic carbocycles. The van der Waals surface area contributed by atoms with E-state index in [9.17, 15) is 4.79 Å². The first-order valence-corrected chi connectivity index (χ1v) is 7.09. The fourth-order valence-corrected chi connectivity index (χ4v) is 2.43. The molecule has 0 unspecified atom stereocenters. The van der Waals surface area contributed by atoms with Crippen LogP contribution in [0.15, 0.2) is 48.5 Å². The molecular weight excluding hydrogens is 274 g/mol. The summed E-state index contributed by atoms with van der Waals surface area (Å²) in [5.74, 6) is -0.234. The van der Waals surface area contributed by atoms with Gasteiger partial charge in [-0.25, -0.2) is 4.98 Å². The molecule has 0 fully saturated rings. The molecule has 3 rings (SSSR count). The van der Waals surface area contributed by atoms with Gasteiger partial charge in [0.05, 0.1) is 5.52 Å². The summed E-state index contributed by atoms with van der Waals surface area (Å²) in [7, 11) is 0. The molecule has 4 heteroatoms. The molecule has 4 nitrogen and oxygen atoms in total. The molecule has 1 amide bonds. The highest BCUT2D eigenvalue weighted by Gasteiger charge is 2.12. The maximum absolute atomic E-state index is 12.5. The molecule has 1 aromatic heterocycles. The fourth-order valence-electron chi connectivity index (χ4n) is 2.43. The second-order valence-electron chi connectivity index (χ2n) is 5.32. The number of pyridine rings is 1. The number of benzene rings is 2. The lowest BCUT2D eigenvalue weighted by Crippen LogP contribution is -2.15. The van der Waals surface area contributed by atoms with E-state index in [0.717, 1.165) is 27.7 Å². The largest absolute Gasteiger partial charge is 0.398 e. The maximum atomic E-state index is 12.5. The predicted molar refractivity (Wildman–Crippen MR) is 90.0 cm³/mol. The summed E-state index contributed by atoms with van der Waals surface area (Å²) in [6, 6.07) is 15.1. The minimum Gasteiger partial charge on any atom is -0.398 e. The molecule has 0 aliphatic heterocycles. The Kier molecular flexibility index (Phi) is 3.51. The molecule has 0 radical (unpaired) electrons. The van der Waals surface area contributed by atoms with Gasteiger partial charge >= 0.3 is 0 Å². The van der Waals surface area contributed by atoms with Gasteiger partial charge in [-0.05, 0) is 43.2 Å². The summed E-state index contributed by atoms with van der Waals surface area (Å²) in [6.07, 6.45) is 0. The highest BCUT2D eigenvalue weighted by Crippen LogP contribution is 2.25. The van der Waals surface area contributed by atoms with Crippen molar-refractivity contribution in [2.45, 2.75) is 13.8 Å². The average Bonchev–Trinajstić information content (AvgIpc) is 2.54. The maximum Gasteiger partial charge on any atom is 0.274 e. The van der Waals surface area contributed by atoms with Gasteiger partial charge in [-0.2, -0.15) is 0 Å². The second-order valence-corrected chi connectivity index (χ2v) is 5.32. The van der Waals surface area contributed by atoms with E-state index in [0.29, 0.717) is 11.4 Å². The van der Waals surface area contributed by atoms with Crippen LogP contribution in [0.3, 0.4) is 0 Å². The fraction of sp³-hybridized carbons (Fsp3) is 0.111. The van der Waals surface area contributed by atoms with Crippen LogP contribution in [-0.4, -0.2) is 10.9 Å². The monoisotopic (exact) mass is 291 g/mol. The number of aryl methyl sites for hydroxylation is 1. The number of amides is 1. The molecule has 22 heavy (non-hydrogen) atoms. The van der Waals surface area contributed by atoms with Crippen LogP contribution in [0.1, 0.15) is 21.6 Å². The number of anilines is 2. The van der Waals surface area contributed by atoms with E-state index in [4.69, 9.17) is 5.73 Å². The molecule has 0 saturated carbocycles. The van der Waals surface area contributed by atoms with Gasteiger partial charge in [0.25, 0.3) is 5.91 Å². The number of aromatic nitrogens is 1. The number of nitrogens with zero attached hydrogens (tertiary/aromatic N) is 1. The van der Waals surface area contributed by atoms with Gasteiger partial charge < -0.3 is 11.1 Å². The Bertz CT molecular complexity index is 871. The van der Waals surface area contributed by atoms with Gasteiger partial charge in [-0.3, -0.25) is 4.79 Å². The molecular formula is C18H17N3O. The minimum absolute atomic E-state index is 0.234. The van der Waals surface area contributed by atoms with Gasteiger partial charge in [0.15, 0.2) is 0 Å². The lowest BCUT2D eigenvalue weighted by molar-refractivity contribution is 0.102. The number of hydrogen-bond donors (Lipinski definition) is 2. The van der Waals surface area contributed by atoms with Crippen molar-refractivity contribution in [3.05, 3.63) is 65.4 Å². The Morgan fingerprint density at radius 2 is 1.82 bits per heavy atom. The second kappa shape index (κ2) is 5.48. The van der Waals surface area contributed by atoms with Crippen LogP contribution in [-0.2, 0) is 0 Å². The van der Waals surface area contributed by atoms with Crippen molar-refractivity contribution < 1.29 is 4.79 Å². The third-order valence-electron chi connectivity index (χ3n) is 3.78. The van der Waals surface area contributed by atoms with E-state index in [1.54, 1.807) is 6.07 Å². The Morgan fingerprint density at radius 3 is 2.64 bits per heavy atom. The highest BCUT2D eigenvalue weighted by molar-refractivity contribution is 6.05. The van der Waals surface area contributed by atoms with E-state index in [1.165, 1.54) is 0 Å². The summed E-state index contributed by atoms with van der Waals surface area (Å²) in [5.41, 5.74) is 10.4. The number of rotatable bonds is 2. The smallest absolute Gasteiger partial charge is 0.274 e. The Morgan fingerprint density at radius 1 is 1.05 bits per heavy atom. The molecule has 2 aromatic carbocycles. The van der Waals surface area contributed by atoms with Crippen LogP contribution in [0.2, 0.25) is 0 Å². The van der Waals surface area contributed by atoms with E-state index in [1.807, 2.05) is 56.3 Å². The van der Waals surface area contributed by atoms with Crippen LogP contribution >= 0.6 is 0 Å². The van der Waals surface area contributed by atoms with Gasteiger partial charge in [0.1, 0.15) is 5.69 Å². The lowest BCUT2D eigenvalue weighted by Gasteiger charge is -2.13. The highest BCUT2D eigenvalue weighted by atomic mass is 16.1. The van der Waals surface area contributed by atoms with Crippen LogP contribution < -0.4 is 11.1 Å². The number of fused-ring (bicyclic) bond motifs is 1. The van der Waals surface area contributed by atoms with Gasteiger partial charge in [0.2, 0.25) is 0 Å². The standard InChI is InChI=1S/C18H17N3O/c1-11-7-9-14(19)12(2)17(11)21-18(22)16-10-8-13-5-3-4-6-15(13)20-16/h3-10H,19H2,1-2H3,(H,21,22). The molecule has 0 aliphatic rings. The summed E-state index contributed by atoms with van der Waals surface area (Å²) >= 11 is 0. The number of nitrogens with two attached hydrogens (primary N) is 1. The normalized spacial score (nSPS) is 10.6. The number of para-hydroxylation sites is 1. The molecule has 110 valence electrons. The van der Waals surface area contributed by atoms with Gasteiger partial charge in [-0.1, -0.05) is 30.3 Å². The van der Waals surface area contributed by atoms with Gasteiger partial charge in [0, 0.05) is 16.8 Å². The summed E-state index contributed by atoms with van der Waals surface area (Å²) in [6.45, 7) is 3.83. The molecule has 0 saturated heterocycles. The third-order valence-corrected chi connectivity index (χ3v) is 3.78. The number of nitrogen functional groups attached to an aromatic ring is 1. The molecule has 0 spiro atoms. The van der Waals surface area contributed by atoms with Crippen molar-refractivity contribution in [2.75, 3.05) is 11.1 Å². The summed E-state index contributed by atoms with van der Waals surface area (Å²) in [5, 5.41) is 3.93. The molecule has 3 aromatic rings. The van der Waals surface area contributed by atoms with E-state index < -0.39 is 0 Å². The van der Waals surface area contributed by atoms with Crippen molar-refractivity contribution >= 4 is 28.2 Å². The molecule has 1 heterocycles. The first kappa shape index (κ1) is 14.1. The first-order valence-electron chi connectivity index (χ1n) is 7.09. The minimum atomic E-state index is -0.234. The van der Waals surface area contributed by atoms with E-state index >= 15 is 0 Å². The topological polar surface area (TPSA) is 68.0 Å². The number of hydrogen-bond acceptors (Lipinski definition) is 3. The van der Waals surface area contributed by atoms with Crippen LogP contribution in [0.5, 0.6) is 0 Å². The van der Waals surface area contributed by atoms with Gasteiger partial charge in [-0.15, -0.1) is 0 Å².